The average Bonchev–Trinajstić information content (AvgIpc) is 3.10. The van der Waals surface area contributed by atoms with Gasteiger partial charge in [0.15, 0.2) is 0 Å². The molecule has 0 unspecified atom stereocenters. The number of aryl methyl sites for hydroxylation is 1. The topological polar surface area (TPSA) is 63.0 Å². The minimum absolute atomic E-state index is 0.101. The van der Waals surface area contributed by atoms with Gasteiger partial charge < -0.3 is 10.4 Å². The number of aromatic nitrogens is 3. The Bertz CT molecular complexity index is 747. The quantitative estimate of drug-likeness (QED) is 0.735. The van der Waals surface area contributed by atoms with Gasteiger partial charge in [0, 0.05) is 12.2 Å². The van der Waals surface area contributed by atoms with E-state index in [4.69, 9.17) is 5.11 Å². The predicted octanol–water partition coefficient (Wildman–Crippen LogP) is 2.93. The van der Waals surface area contributed by atoms with Crippen molar-refractivity contribution in [1.29, 1.82) is 0 Å². The van der Waals surface area contributed by atoms with Gasteiger partial charge in [-0.05, 0) is 41.8 Å². The van der Waals surface area contributed by atoms with Crippen molar-refractivity contribution in [3.8, 4) is 5.69 Å². The maximum Gasteiger partial charge on any atom is 0.109 e. The first kappa shape index (κ1) is 15.2. The standard InChI is InChI=1S/C18H20N4O/c1-2-14-3-5-15(6-4-14)11-19-16-7-9-18(10-8-16)22-12-17(13-23)20-21-22/h3-10,12,19,23H,2,11,13H2,1H3. The second kappa shape index (κ2) is 7.07. The molecule has 0 fully saturated rings. The van der Waals surface area contributed by atoms with E-state index < -0.39 is 0 Å². The Kier molecular flexibility index (Phi) is 4.68. The Balaban J connectivity index is 1.62. The van der Waals surface area contributed by atoms with Crippen molar-refractivity contribution >= 4 is 5.69 Å². The zero-order chi connectivity index (χ0) is 16.1. The van der Waals surface area contributed by atoms with Crippen LogP contribution in [-0.2, 0) is 19.6 Å². The predicted molar refractivity (Wildman–Crippen MR) is 90.4 cm³/mol. The van der Waals surface area contributed by atoms with Gasteiger partial charge >= 0.3 is 0 Å². The molecule has 5 heteroatoms. The van der Waals surface area contributed by atoms with E-state index in [-0.39, 0.29) is 6.61 Å². The van der Waals surface area contributed by atoms with Gasteiger partial charge in [-0.15, -0.1) is 5.10 Å². The molecule has 118 valence electrons. The van der Waals surface area contributed by atoms with Crippen molar-refractivity contribution in [3.05, 3.63) is 71.5 Å². The molecule has 1 aromatic heterocycles. The summed E-state index contributed by atoms with van der Waals surface area (Å²) < 4.78 is 1.65. The molecule has 0 aliphatic rings. The average molecular weight is 308 g/mol. The molecule has 0 saturated carbocycles. The molecule has 5 nitrogen and oxygen atoms in total. The Labute approximate surface area is 135 Å². The van der Waals surface area contributed by atoms with Crippen molar-refractivity contribution in [1.82, 2.24) is 15.0 Å². The maximum absolute atomic E-state index is 9.03. The monoisotopic (exact) mass is 308 g/mol. The van der Waals surface area contributed by atoms with Crippen LogP contribution in [-0.4, -0.2) is 20.1 Å². The molecule has 0 radical (unpaired) electrons. The number of aliphatic hydroxyl groups excluding tert-OH is 1. The molecule has 0 aliphatic heterocycles. The molecule has 23 heavy (non-hydrogen) atoms. The van der Waals surface area contributed by atoms with E-state index in [1.165, 1.54) is 11.1 Å². The highest BCUT2D eigenvalue weighted by molar-refractivity contribution is 5.48. The van der Waals surface area contributed by atoms with Gasteiger partial charge in [-0.25, -0.2) is 4.68 Å². The Morgan fingerprint density at radius 2 is 1.70 bits per heavy atom. The molecule has 2 aromatic carbocycles. The maximum atomic E-state index is 9.03. The van der Waals surface area contributed by atoms with Crippen LogP contribution in [0.3, 0.4) is 0 Å². The first-order chi connectivity index (χ1) is 11.3. The summed E-state index contributed by atoms with van der Waals surface area (Å²) in [5.74, 6) is 0. The minimum Gasteiger partial charge on any atom is -0.390 e. The fraction of sp³-hybridized carbons (Fsp3) is 0.222. The van der Waals surface area contributed by atoms with Gasteiger partial charge in [0.25, 0.3) is 0 Å². The molecule has 3 aromatic rings. The summed E-state index contributed by atoms with van der Waals surface area (Å²) >= 11 is 0. The van der Waals surface area contributed by atoms with Gasteiger partial charge in [0.2, 0.25) is 0 Å². The van der Waals surface area contributed by atoms with Crippen LogP contribution in [0.2, 0.25) is 0 Å². The summed E-state index contributed by atoms with van der Waals surface area (Å²) in [7, 11) is 0. The number of hydrogen-bond donors (Lipinski definition) is 2. The summed E-state index contributed by atoms with van der Waals surface area (Å²) in [6, 6.07) is 16.6. The van der Waals surface area contributed by atoms with Gasteiger partial charge in [-0.2, -0.15) is 0 Å². The van der Waals surface area contributed by atoms with Crippen LogP contribution >= 0.6 is 0 Å². The number of rotatable bonds is 6. The molecule has 0 bridgehead atoms. The Hall–Kier alpha value is -2.66. The van der Waals surface area contributed by atoms with Crippen LogP contribution in [0.4, 0.5) is 5.69 Å². The highest BCUT2D eigenvalue weighted by atomic mass is 16.3. The van der Waals surface area contributed by atoms with Crippen molar-refractivity contribution in [2.75, 3.05) is 5.32 Å². The van der Waals surface area contributed by atoms with Crippen LogP contribution in [0.25, 0.3) is 5.69 Å². The molecule has 0 spiro atoms. The third-order valence-electron chi connectivity index (χ3n) is 3.76. The summed E-state index contributed by atoms with van der Waals surface area (Å²) in [5, 5.41) is 20.3. The van der Waals surface area contributed by atoms with E-state index in [1.54, 1.807) is 10.9 Å². The first-order valence-corrected chi connectivity index (χ1v) is 7.72. The highest BCUT2D eigenvalue weighted by Gasteiger charge is 2.02. The van der Waals surface area contributed by atoms with E-state index in [2.05, 4.69) is 46.8 Å². The largest absolute Gasteiger partial charge is 0.390 e. The van der Waals surface area contributed by atoms with Gasteiger partial charge in [0.05, 0.1) is 18.5 Å². The number of hydrogen-bond acceptors (Lipinski definition) is 4. The van der Waals surface area contributed by atoms with Crippen LogP contribution in [0, 0.1) is 0 Å². The molecule has 1 heterocycles. The fourth-order valence-electron chi connectivity index (χ4n) is 2.33. The lowest BCUT2D eigenvalue weighted by Gasteiger charge is -2.08. The lowest BCUT2D eigenvalue weighted by molar-refractivity contribution is 0.276. The van der Waals surface area contributed by atoms with Crippen molar-refractivity contribution < 1.29 is 5.11 Å². The molecular weight excluding hydrogens is 288 g/mol. The lowest BCUT2D eigenvalue weighted by Crippen LogP contribution is -2.00. The number of anilines is 1. The summed E-state index contributed by atoms with van der Waals surface area (Å²) in [5.41, 5.74) is 5.14. The minimum atomic E-state index is -0.101. The van der Waals surface area contributed by atoms with Crippen LogP contribution in [0.15, 0.2) is 54.7 Å². The van der Waals surface area contributed by atoms with Crippen LogP contribution in [0.5, 0.6) is 0 Å². The third-order valence-corrected chi connectivity index (χ3v) is 3.76. The van der Waals surface area contributed by atoms with E-state index >= 15 is 0 Å². The highest BCUT2D eigenvalue weighted by Crippen LogP contribution is 2.14. The second-order valence-corrected chi connectivity index (χ2v) is 5.38. The lowest BCUT2D eigenvalue weighted by atomic mass is 10.1. The van der Waals surface area contributed by atoms with Gasteiger partial charge in [0.1, 0.15) is 5.69 Å². The normalized spacial score (nSPS) is 10.7. The number of benzene rings is 2. The van der Waals surface area contributed by atoms with Gasteiger partial charge in [-0.1, -0.05) is 36.4 Å². The van der Waals surface area contributed by atoms with Crippen molar-refractivity contribution in [3.63, 3.8) is 0 Å². The zero-order valence-electron chi connectivity index (χ0n) is 13.1. The summed E-state index contributed by atoms with van der Waals surface area (Å²) in [6.45, 7) is 2.85. The Morgan fingerprint density at radius 1 is 1.00 bits per heavy atom. The number of nitrogens with zero attached hydrogens (tertiary/aromatic N) is 3. The van der Waals surface area contributed by atoms with Crippen molar-refractivity contribution in [2.45, 2.75) is 26.5 Å². The van der Waals surface area contributed by atoms with E-state index in [0.717, 1.165) is 24.3 Å². The SMILES string of the molecule is CCc1ccc(CNc2ccc(-n3cc(CO)nn3)cc2)cc1. The van der Waals surface area contributed by atoms with Crippen molar-refractivity contribution in [2.24, 2.45) is 0 Å². The third kappa shape index (κ3) is 3.76. The zero-order valence-corrected chi connectivity index (χ0v) is 13.1. The van der Waals surface area contributed by atoms with E-state index in [1.807, 2.05) is 24.3 Å². The number of nitrogens with one attached hydrogen (secondary N) is 1. The van der Waals surface area contributed by atoms with Gasteiger partial charge in [-0.3, -0.25) is 0 Å². The summed E-state index contributed by atoms with van der Waals surface area (Å²) in [6.07, 6.45) is 2.78. The molecule has 0 aliphatic carbocycles. The summed E-state index contributed by atoms with van der Waals surface area (Å²) in [4.78, 5) is 0. The van der Waals surface area contributed by atoms with E-state index in [0.29, 0.717) is 5.69 Å². The first-order valence-electron chi connectivity index (χ1n) is 7.72. The van der Waals surface area contributed by atoms with Crippen LogP contribution < -0.4 is 5.32 Å². The molecule has 3 rings (SSSR count). The fourth-order valence-corrected chi connectivity index (χ4v) is 2.33. The Morgan fingerprint density at radius 3 is 2.30 bits per heavy atom. The van der Waals surface area contributed by atoms with E-state index in [9.17, 15) is 0 Å². The molecule has 0 amide bonds. The molecule has 2 N–H and O–H groups in total. The molecule has 0 atom stereocenters. The molecular formula is C18H20N4O. The molecule has 0 saturated heterocycles. The second-order valence-electron chi connectivity index (χ2n) is 5.38. The smallest absolute Gasteiger partial charge is 0.109 e. The number of aliphatic hydroxyl groups is 1. The van der Waals surface area contributed by atoms with Crippen LogP contribution in [0.1, 0.15) is 23.7 Å².